The van der Waals surface area contributed by atoms with Gasteiger partial charge < -0.3 is 14.2 Å². The Morgan fingerprint density at radius 2 is 0.508 bits per heavy atom. The fraction of sp³-hybridized carbons (Fsp3) is 0.915. The molecule has 0 rings (SSSR count). The Balaban J connectivity index is 3.96. The number of rotatable bonds is 54. The molecule has 0 aromatic heterocycles. The Kier molecular flexibility index (Phi) is 53.2. The zero-order chi connectivity index (χ0) is 47.2. The lowest BCUT2D eigenvalue weighted by atomic mass is 10.0. The van der Waals surface area contributed by atoms with E-state index in [1.165, 1.54) is 218 Å². The van der Waals surface area contributed by atoms with Crippen LogP contribution in [0, 0.1) is 0 Å². The molecule has 6 nitrogen and oxygen atoms in total. The van der Waals surface area contributed by atoms with Gasteiger partial charge in [0.25, 0.3) is 0 Å². The van der Waals surface area contributed by atoms with E-state index in [9.17, 15) is 14.4 Å². The summed E-state index contributed by atoms with van der Waals surface area (Å²) in [4.78, 5) is 37.7. The van der Waals surface area contributed by atoms with E-state index >= 15 is 0 Å². The molecule has 0 amide bonds. The van der Waals surface area contributed by atoms with Crippen LogP contribution in [-0.4, -0.2) is 37.2 Å². The summed E-state index contributed by atoms with van der Waals surface area (Å²) in [5.74, 6) is -0.873. The Hall–Kier alpha value is -1.85. The van der Waals surface area contributed by atoms with Crippen molar-refractivity contribution in [2.24, 2.45) is 0 Å². The molecule has 0 spiro atoms. The van der Waals surface area contributed by atoms with Crippen LogP contribution in [-0.2, 0) is 28.6 Å². The third-order valence-electron chi connectivity index (χ3n) is 13.3. The highest BCUT2D eigenvalue weighted by molar-refractivity contribution is 5.71. The molecular formula is C59H112O6. The number of carbonyl (C=O) groups is 3. The Morgan fingerprint density at radius 1 is 0.292 bits per heavy atom. The molecule has 1 atom stereocenters. The lowest BCUT2D eigenvalue weighted by Crippen LogP contribution is -2.30. The van der Waals surface area contributed by atoms with E-state index in [2.05, 4.69) is 32.9 Å². The van der Waals surface area contributed by atoms with E-state index in [4.69, 9.17) is 14.2 Å². The second-order valence-corrected chi connectivity index (χ2v) is 19.9. The SMILES string of the molecule is CCCCCCCC/C=C\CCCCCCCC(=O)OC(COC(=O)CCCCCCC)COC(=O)CCCCCCCCCCCCCCCCCCCCCCCCCCCCC. The molecule has 384 valence electrons. The molecule has 0 aromatic carbocycles. The first-order chi connectivity index (χ1) is 32.0. The van der Waals surface area contributed by atoms with Gasteiger partial charge in [0.2, 0.25) is 0 Å². The summed E-state index contributed by atoms with van der Waals surface area (Å²) < 4.78 is 16.7. The van der Waals surface area contributed by atoms with Crippen LogP contribution in [0.3, 0.4) is 0 Å². The highest BCUT2D eigenvalue weighted by Crippen LogP contribution is 2.17. The summed E-state index contributed by atoms with van der Waals surface area (Å²) in [5, 5.41) is 0. The van der Waals surface area contributed by atoms with Crippen molar-refractivity contribution in [1.29, 1.82) is 0 Å². The van der Waals surface area contributed by atoms with Crippen LogP contribution < -0.4 is 0 Å². The van der Waals surface area contributed by atoms with Crippen molar-refractivity contribution in [2.45, 2.75) is 335 Å². The summed E-state index contributed by atoms with van der Waals surface area (Å²) in [6.07, 6.45) is 62.7. The molecule has 0 saturated carbocycles. The van der Waals surface area contributed by atoms with Gasteiger partial charge in [0, 0.05) is 19.3 Å². The van der Waals surface area contributed by atoms with E-state index in [1.54, 1.807) is 0 Å². The molecule has 0 bridgehead atoms. The van der Waals surface area contributed by atoms with Crippen molar-refractivity contribution in [2.75, 3.05) is 13.2 Å². The highest BCUT2D eigenvalue weighted by atomic mass is 16.6. The van der Waals surface area contributed by atoms with Crippen LogP contribution >= 0.6 is 0 Å². The summed E-state index contributed by atoms with van der Waals surface area (Å²) in [7, 11) is 0. The molecule has 0 aliphatic heterocycles. The average molecular weight is 918 g/mol. The molecule has 0 aliphatic carbocycles. The van der Waals surface area contributed by atoms with Crippen molar-refractivity contribution < 1.29 is 28.6 Å². The minimum absolute atomic E-state index is 0.0692. The van der Waals surface area contributed by atoms with Gasteiger partial charge in [-0.1, -0.05) is 277 Å². The van der Waals surface area contributed by atoms with Crippen molar-refractivity contribution in [3.63, 3.8) is 0 Å². The standard InChI is InChI=1S/C59H112O6/c1-4-7-10-13-15-17-19-21-23-24-25-26-27-28-29-30-31-32-33-34-36-37-39-41-43-46-49-52-58(61)64-55-56(54-63-57(60)51-48-45-12-9-6-3)65-59(62)53-50-47-44-42-40-38-35-22-20-18-16-14-11-8-5-2/h22,35,56H,4-21,23-34,36-55H2,1-3H3/b35-22-. The molecule has 0 aromatic rings. The monoisotopic (exact) mass is 917 g/mol. The number of hydrogen-bond donors (Lipinski definition) is 0. The van der Waals surface area contributed by atoms with E-state index in [0.29, 0.717) is 19.3 Å². The van der Waals surface area contributed by atoms with Crippen LogP contribution in [0.25, 0.3) is 0 Å². The van der Waals surface area contributed by atoms with Crippen LogP contribution in [0.2, 0.25) is 0 Å². The number of allylic oxidation sites excluding steroid dienone is 2. The second-order valence-electron chi connectivity index (χ2n) is 19.9. The molecule has 0 heterocycles. The number of carbonyl (C=O) groups excluding carboxylic acids is 3. The number of esters is 3. The van der Waals surface area contributed by atoms with Gasteiger partial charge in [-0.05, 0) is 44.9 Å². The van der Waals surface area contributed by atoms with Crippen molar-refractivity contribution in [1.82, 2.24) is 0 Å². The average Bonchev–Trinajstić information content (AvgIpc) is 3.30. The third-order valence-corrected chi connectivity index (χ3v) is 13.3. The molecule has 0 saturated heterocycles. The largest absolute Gasteiger partial charge is 0.462 e. The van der Waals surface area contributed by atoms with Gasteiger partial charge in [-0.3, -0.25) is 14.4 Å². The van der Waals surface area contributed by atoms with Crippen molar-refractivity contribution in [3.8, 4) is 0 Å². The van der Waals surface area contributed by atoms with Gasteiger partial charge in [-0.15, -0.1) is 0 Å². The molecule has 1 unspecified atom stereocenters. The van der Waals surface area contributed by atoms with E-state index in [1.807, 2.05) is 0 Å². The summed E-state index contributed by atoms with van der Waals surface area (Å²) in [5.41, 5.74) is 0. The fourth-order valence-electron chi connectivity index (χ4n) is 8.85. The lowest BCUT2D eigenvalue weighted by Gasteiger charge is -2.18. The van der Waals surface area contributed by atoms with E-state index < -0.39 is 6.10 Å². The normalized spacial score (nSPS) is 12.0. The van der Waals surface area contributed by atoms with Gasteiger partial charge in [0.1, 0.15) is 13.2 Å². The smallest absolute Gasteiger partial charge is 0.306 e. The summed E-state index contributed by atoms with van der Waals surface area (Å²) in [6, 6.07) is 0. The maximum atomic E-state index is 12.7. The fourth-order valence-corrected chi connectivity index (χ4v) is 8.85. The molecule has 0 N–H and O–H groups in total. The molecule has 6 heteroatoms. The van der Waals surface area contributed by atoms with Crippen molar-refractivity contribution >= 4 is 17.9 Å². The van der Waals surface area contributed by atoms with Gasteiger partial charge >= 0.3 is 17.9 Å². The van der Waals surface area contributed by atoms with Crippen molar-refractivity contribution in [3.05, 3.63) is 12.2 Å². The predicted molar refractivity (Wildman–Crippen MR) is 280 cm³/mol. The first-order valence-electron chi connectivity index (χ1n) is 29.2. The number of ether oxygens (including phenoxy) is 3. The number of unbranched alkanes of at least 4 members (excludes halogenated alkanes) is 41. The summed E-state index contributed by atoms with van der Waals surface area (Å²) in [6.45, 7) is 6.59. The van der Waals surface area contributed by atoms with Gasteiger partial charge in [0.05, 0.1) is 0 Å². The molecule has 0 aliphatic rings. The topological polar surface area (TPSA) is 78.9 Å². The van der Waals surface area contributed by atoms with E-state index in [-0.39, 0.29) is 31.1 Å². The Labute approximate surface area is 405 Å². The number of hydrogen-bond acceptors (Lipinski definition) is 6. The minimum atomic E-state index is -0.766. The Morgan fingerprint density at radius 3 is 0.769 bits per heavy atom. The quantitative estimate of drug-likeness (QED) is 0.0262. The van der Waals surface area contributed by atoms with Gasteiger partial charge in [-0.25, -0.2) is 0 Å². The maximum absolute atomic E-state index is 12.7. The first kappa shape index (κ1) is 63.1. The second kappa shape index (κ2) is 54.8. The summed E-state index contributed by atoms with van der Waals surface area (Å²) >= 11 is 0. The molecule has 65 heavy (non-hydrogen) atoms. The molecule has 0 radical (unpaired) electrons. The van der Waals surface area contributed by atoms with Gasteiger partial charge in [-0.2, -0.15) is 0 Å². The van der Waals surface area contributed by atoms with Crippen LogP contribution in [0.15, 0.2) is 12.2 Å². The zero-order valence-electron chi connectivity index (χ0n) is 44.0. The lowest BCUT2D eigenvalue weighted by molar-refractivity contribution is -0.167. The molecule has 0 fully saturated rings. The van der Waals surface area contributed by atoms with Gasteiger partial charge in [0.15, 0.2) is 6.10 Å². The maximum Gasteiger partial charge on any atom is 0.306 e. The third kappa shape index (κ3) is 53.0. The van der Waals surface area contributed by atoms with Crippen LogP contribution in [0.1, 0.15) is 329 Å². The van der Waals surface area contributed by atoms with Crippen LogP contribution in [0.4, 0.5) is 0 Å². The molecular weight excluding hydrogens is 805 g/mol. The Bertz CT molecular complexity index is 1010. The predicted octanol–water partition coefficient (Wildman–Crippen LogP) is 19.3. The first-order valence-corrected chi connectivity index (χ1v) is 29.2. The van der Waals surface area contributed by atoms with E-state index in [0.717, 1.165) is 70.6 Å². The minimum Gasteiger partial charge on any atom is -0.462 e. The zero-order valence-corrected chi connectivity index (χ0v) is 44.0. The van der Waals surface area contributed by atoms with Crippen LogP contribution in [0.5, 0.6) is 0 Å². The highest BCUT2D eigenvalue weighted by Gasteiger charge is 2.19.